The summed E-state index contributed by atoms with van der Waals surface area (Å²) in [5, 5.41) is 17.3. The van der Waals surface area contributed by atoms with E-state index in [1.165, 1.54) is 10.7 Å². The quantitative estimate of drug-likeness (QED) is 0.603. The predicted molar refractivity (Wildman–Crippen MR) is 120 cm³/mol. The fourth-order valence-electron chi connectivity index (χ4n) is 4.99. The lowest BCUT2D eigenvalue weighted by Crippen LogP contribution is -2.29. The van der Waals surface area contributed by atoms with Crippen LogP contribution in [0.15, 0.2) is 18.2 Å². The Kier molecular flexibility index (Phi) is 6.22. The van der Waals surface area contributed by atoms with Crippen molar-refractivity contribution in [2.75, 3.05) is 5.32 Å². The third-order valence-corrected chi connectivity index (χ3v) is 6.55. The summed E-state index contributed by atoms with van der Waals surface area (Å²) in [6.07, 6.45) is -2.92. The molecule has 1 aromatic heterocycles. The summed E-state index contributed by atoms with van der Waals surface area (Å²) in [7, 11) is 0. The number of aromatic nitrogens is 2. The van der Waals surface area contributed by atoms with Crippen LogP contribution in [0.25, 0.3) is 5.69 Å². The smallest absolute Gasteiger partial charge is 0.393 e. The highest BCUT2D eigenvalue weighted by atomic mass is 19.4. The van der Waals surface area contributed by atoms with Crippen molar-refractivity contribution in [2.45, 2.75) is 77.1 Å². The molecule has 2 aromatic rings. The van der Waals surface area contributed by atoms with Gasteiger partial charge < -0.3 is 16.2 Å². The van der Waals surface area contributed by atoms with Crippen LogP contribution in [-0.4, -0.2) is 44.9 Å². The Morgan fingerprint density at radius 3 is 2.53 bits per heavy atom. The summed E-state index contributed by atoms with van der Waals surface area (Å²) in [6, 6.07) is 4.75. The molecular weight excluding hydrogens is 449 g/mol. The van der Waals surface area contributed by atoms with Crippen LogP contribution in [0.2, 0.25) is 0 Å². The van der Waals surface area contributed by atoms with Crippen LogP contribution in [0.4, 0.5) is 18.9 Å². The number of benzene rings is 1. The van der Waals surface area contributed by atoms with Crippen molar-refractivity contribution in [2.24, 2.45) is 11.1 Å². The van der Waals surface area contributed by atoms with Crippen LogP contribution in [0.1, 0.15) is 78.1 Å². The maximum absolute atomic E-state index is 13.3. The van der Waals surface area contributed by atoms with Gasteiger partial charge in [0.2, 0.25) is 0 Å². The molecule has 1 aromatic carbocycles. The molecule has 0 spiro atoms. The van der Waals surface area contributed by atoms with E-state index in [0.29, 0.717) is 49.2 Å². The van der Waals surface area contributed by atoms with Gasteiger partial charge in [0.05, 0.1) is 40.7 Å². The molecule has 7 nitrogen and oxygen atoms in total. The number of carbonyl (C=O) groups excluding carboxylic acids is 2. The van der Waals surface area contributed by atoms with Crippen molar-refractivity contribution in [3.8, 4) is 5.69 Å². The molecular formula is C24H29F3N4O3. The SMILES string of the molecule is CC1(C)CC(=O)c2c(CC(F)(F)F)nn(-c3ccc(C(N)=O)c(N[C@H]4CC[C@H](O)CC4)c3)c2C1. The van der Waals surface area contributed by atoms with E-state index in [-0.39, 0.29) is 41.2 Å². The number of hydrogen-bond acceptors (Lipinski definition) is 5. The fourth-order valence-corrected chi connectivity index (χ4v) is 4.99. The number of nitrogens with two attached hydrogens (primary N) is 1. The van der Waals surface area contributed by atoms with Crippen LogP contribution in [0, 0.1) is 5.41 Å². The number of aliphatic hydroxyl groups excluding tert-OH is 1. The van der Waals surface area contributed by atoms with Crippen LogP contribution >= 0.6 is 0 Å². The zero-order chi connectivity index (χ0) is 24.8. The number of fused-ring (bicyclic) bond motifs is 1. The van der Waals surface area contributed by atoms with Gasteiger partial charge in [-0.2, -0.15) is 18.3 Å². The Bertz CT molecular complexity index is 1120. The van der Waals surface area contributed by atoms with Gasteiger partial charge in [0.15, 0.2) is 5.78 Å². The molecule has 0 atom stereocenters. The third kappa shape index (κ3) is 5.11. The van der Waals surface area contributed by atoms with Crippen molar-refractivity contribution in [3.05, 3.63) is 40.7 Å². The molecule has 1 fully saturated rings. The molecule has 4 rings (SSSR count). The molecule has 0 bridgehead atoms. The monoisotopic (exact) mass is 478 g/mol. The second-order valence-corrected chi connectivity index (χ2v) is 10.2. The Balaban J connectivity index is 1.78. The van der Waals surface area contributed by atoms with Gasteiger partial charge in [-0.25, -0.2) is 4.68 Å². The summed E-state index contributed by atoms with van der Waals surface area (Å²) >= 11 is 0. The second kappa shape index (κ2) is 8.72. The number of rotatable bonds is 5. The summed E-state index contributed by atoms with van der Waals surface area (Å²) in [5.74, 6) is -0.980. The van der Waals surface area contributed by atoms with Crippen molar-refractivity contribution < 1.29 is 27.9 Å². The first kappa shape index (κ1) is 24.3. The maximum atomic E-state index is 13.3. The number of nitrogens with zero attached hydrogens (tertiary/aromatic N) is 2. The molecule has 10 heteroatoms. The number of alkyl halides is 3. The van der Waals surface area contributed by atoms with Crippen molar-refractivity contribution in [1.82, 2.24) is 9.78 Å². The number of amides is 1. The number of hydrogen-bond donors (Lipinski definition) is 3. The van der Waals surface area contributed by atoms with Crippen LogP contribution in [-0.2, 0) is 12.8 Å². The number of Topliss-reactive ketones (excluding diaryl/α,β-unsaturated/α-hetero) is 1. The predicted octanol–water partition coefficient (Wildman–Crippen LogP) is 3.95. The average molecular weight is 479 g/mol. The molecule has 0 unspecified atom stereocenters. The lowest BCUT2D eigenvalue weighted by molar-refractivity contribution is -0.127. The first-order valence-electron chi connectivity index (χ1n) is 11.4. The van der Waals surface area contributed by atoms with E-state index in [9.17, 15) is 27.9 Å². The topological polar surface area (TPSA) is 110 Å². The van der Waals surface area contributed by atoms with Gasteiger partial charge in [0.25, 0.3) is 5.91 Å². The van der Waals surface area contributed by atoms with Gasteiger partial charge in [-0.15, -0.1) is 0 Å². The van der Waals surface area contributed by atoms with E-state index >= 15 is 0 Å². The van der Waals surface area contributed by atoms with Gasteiger partial charge in [-0.05, 0) is 55.7 Å². The van der Waals surface area contributed by atoms with Crippen molar-refractivity contribution in [1.29, 1.82) is 0 Å². The molecule has 0 aliphatic heterocycles. The van der Waals surface area contributed by atoms with Crippen molar-refractivity contribution in [3.63, 3.8) is 0 Å². The maximum Gasteiger partial charge on any atom is 0.394 e. The van der Waals surface area contributed by atoms with E-state index in [4.69, 9.17) is 5.73 Å². The van der Waals surface area contributed by atoms with E-state index < -0.39 is 23.9 Å². The van der Waals surface area contributed by atoms with Crippen LogP contribution in [0.5, 0.6) is 0 Å². The summed E-state index contributed by atoms with van der Waals surface area (Å²) in [4.78, 5) is 24.9. The number of carbonyl (C=O) groups is 2. The zero-order valence-corrected chi connectivity index (χ0v) is 19.2. The molecule has 2 aliphatic rings. The van der Waals surface area contributed by atoms with E-state index in [0.717, 1.165) is 0 Å². The molecule has 1 saturated carbocycles. The van der Waals surface area contributed by atoms with Gasteiger partial charge in [-0.1, -0.05) is 13.8 Å². The Morgan fingerprint density at radius 2 is 1.91 bits per heavy atom. The Labute approximate surface area is 195 Å². The molecule has 0 saturated heterocycles. The largest absolute Gasteiger partial charge is 0.394 e. The average Bonchev–Trinajstić information content (AvgIpc) is 3.04. The minimum Gasteiger partial charge on any atom is -0.393 e. The number of halogens is 3. The molecule has 1 heterocycles. The standard InChI is InChI=1S/C24H29F3N4O3/c1-23(2)11-19-21(20(33)12-23)18(10-24(25,26)27)30-31(19)14-5-8-16(22(28)34)17(9-14)29-13-3-6-15(32)7-4-13/h5,8-9,13,15,29,32H,3-4,6-7,10-12H2,1-2H3,(H2,28,34)/t13-,15-. The van der Waals surface area contributed by atoms with Crippen LogP contribution in [0.3, 0.4) is 0 Å². The van der Waals surface area contributed by atoms with E-state index in [1.54, 1.807) is 12.1 Å². The lowest BCUT2D eigenvalue weighted by atomic mass is 9.75. The summed E-state index contributed by atoms with van der Waals surface area (Å²) < 4.78 is 41.2. The van der Waals surface area contributed by atoms with Crippen molar-refractivity contribution >= 4 is 17.4 Å². The molecule has 0 radical (unpaired) electrons. The molecule has 1 amide bonds. The summed E-state index contributed by atoms with van der Waals surface area (Å²) in [6.45, 7) is 3.80. The molecule has 34 heavy (non-hydrogen) atoms. The number of aliphatic hydroxyl groups is 1. The highest BCUT2D eigenvalue weighted by Crippen LogP contribution is 2.39. The number of anilines is 1. The summed E-state index contributed by atoms with van der Waals surface area (Å²) in [5.41, 5.74) is 6.50. The third-order valence-electron chi connectivity index (χ3n) is 6.55. The van der Waals surface area contributed by atoms with E-state index in [2.05, 4.69) is 10.4 Å². The molecule has 4 N–H and O–H groups in total. The fraction of sp³-hybridized carbons (Fsp3) is 0.542. The van der Waals surface area contributed by atoms with Crippen LogP contribution < -0.4 is 11.1 Å². The number of primary amides is 1. The minimum atomic E-state index is -4.51. The lowest BCUT2D eigenvalue weighted by Gasteiger charge is -2.29. The highest BCUT2D eigenvalue weighted by Gasteiger charge is 2.40. The number of nitrogens with one attached hydrogen (secondary N) is 1. The van der Waals surface area contributed by atoms with E-state index in [1.807, 2.05) is 13.8 Å². The molecule has 2 aliphatic carbocycles. The normalized spacial score (nSPS) is 22.4. The Hall–Kier alpha value is -2.88. The minimum absolute atomic E-state index is 0.0181. The van der Waals surface area contributed by atoms with Gasteiger partial charge >= 0.3 is 6.18 Å². The van der Waals surface area contributed by atoms with Gasteiger partial charge in [0.1, 0.15) is 0 Å². The zero-order valence-electron chi connectivity index (χ0n) is 19.2. The van der Waals surface area contributed by atoms with Gasteiger partial charge in [-0.3, -0.25) is 9.59 Å². The second-order valence-electron chi connectivity index (χ2n) is 10.2. The van der Waals surface area contributed by atoms with Gasteiger partial charge in [0, 0.05) is 18.2 Å². The number of ketones is 1. The Morgan fingerprint density at radius 1 is 1.24 bits per heavy atom. The highest BCUT2D eigenvalue weighted by molar-refractivity contribution is 6.00. The first-order chi connectivity index (χ1) is 15.8. The first-order valence-corrected chi connectivity index (χ1v) is 11.4. The molecule has 184 valence electrons.